The van der Waals surface area contributed by atoms with Crippen molar-refractivity contribution in [2.75, 3.05) is 0 Å². The van der Waals surface area contributed by atoms with E-state index in [0.29, 0.717) is 0 Å². The molecule has 0 fully saturated rings. The van der Waals surface area contributed by atoms with Gasteiger partial charge in [-0.15, -0.1) is 0 Å². The zero-order chi connectivity index (χ0) is 9.38. The van der Waals surface area contributed by atoms with Crippen molar-refractivity contribution in [2.24, 2.45) is 0 Å². The molecule has 65 valence electrons. The molecule has 2 aromatic rings. The lowest BCUT2D eigenvalue weighted by Gasteiger charge is -2.03. The molecule has 2 nitrogen and oxygen atoms in total. The highest BCUT2D eigenvalue weighted by atomic mass is 14.7. The summed E-state index contributed by atoms with van der Waals surface area (Å²) in [6.45, 7) is 0. The molecule has 2 heteroatoms. The molecule has 14 heavy (non-hydrogen) atoms. The van der Waals surface area contributed by atoms with Gasteiger partial charge in [-0.2, -0.15) is 0 Å². The summed E-state index contributed by atoms with van der Waals surface area (Å²) in [6, 6.07) is 8.18. The number of rotatable bonds is 0. The number of aromatic nitrogens is 1. The molecule has 1 aromatic carbocycles. The van der Waals surface area contributed by atoms with E-state index < -0.39 is 0 Å². The van der Waals surface area contributed by atoms with Crippen molar-refractivity contribution in [3.63, 3.8) is 0 Å². The molecule has 2 heterocycles. The van der Waals surface area contributed by atoms with Crippen LogP contribution in [0.4, 0.5) is 0 Å². The zero-order valence-corrected chi connectivity index (χ0v) is 7.51. The van der Waals surface area contributed by atoms with Gasteiger partial charge in [0.1, 0.15) is 0 Å². The van der Waals surface area contributed by atoms with Crippen LogP contribution in [-0.2, 0) is 0 Å². The van der Waals surface area contributed by atoms with Crippen LogP contribution in [0.25, 0.3) is 17.0 Å². The Balaban J connectivity index is 2.47. The van der Waals surface area contributed by atoms with Gasteiger partial charge in [-0.25, -0.2) is 0 Å². The van der Waals surface area contributed by atoms with Crippen molar-refractivity contribution in [1.29, 1.82) is 0 Å². The van der Waals surface area contributed by atoms with E-state index in [2.05, 4.69) is 28.2 Å². The lowest BCUT2D eigenvalue weighted by Crippen LogP contribution is -1.98. The highest BCUT2D eigenvalue weighted by molar-refractivity contribution is 5.98. The monoisotopic (exact) mass is 180 g/mol. The third kappa shape index (κ3) is 0.973. The number of hydrogen-bond acceptors (Lipinski definition) is 2. The molecular formula is C12H8N2+. The van der Waals surface area contributed by atoms with E-state index in [1.165, 1.54) is 5.39 Å². The molecule has 1 aliphatic heterocycles. The first-order chi connectivity index (χ1) is 6.95. The fraction of sp³-hybridized carbons (Fsp3) is 0. The van der Waals surface area contributed by atoms with Crippen LogP contribution in [0.5, 0.6) is 0 Å². The van der Waals surface area contributed by atoms with Gasteiger partial charge in [-0.3, -0.25) is 4.98 Å². The van der Waals surface area contributed by atoms with E-state index >= 15 is 0 Å². The van der Waals surface area contributed by atoms with Crippen LogP contribution in [0.3, 0.4) is 0 Å². The van der Waals surface area contributed by atoms with Crippen LogP contribution in [0.2, 0.25) is 0 Å². The van der Waals surface area contributed by atoms with Gasteiger partial charge in [0.2, 0.25) is 12.4 Å². The first kappa shape index (κ1) is 7.44. The molecule has 1 radical (unpaired) electrons. The average Bonchev–Trinajstić information content (AvgIpc) is 2.29. The largest absolute Gasteiger partial charge is 0.256 e. The summed E-state index contributed by atoms with van der Waals surface area (Å²) in [7, 11) is 0. The SMILES string of the molecule is C1=Cc2c(ccc3cccnc23)C=[N+]1. The van der Waals surface area contributed by atoms with Gasteiger partial charge in [-0.05, 0) is 12.1 Å². The minimum absolute atomic E-state index is 1.05. The lowest BCUT2D eigenvalue weighted by atomic mass is 10.0. The van der Waals surface area contributed by atoms with Gasteiger partial charge in [0, 0.05) is 23.2 Å². The number of nitrogens with zero attached hydrogens (tertiary/aromatic N) is 2. The second kappa shape index (κ2) is 2.77. The van der Waals surface area contributed by atoms with Crippen LogP contribution < -0.4 is 4.99 Å². The highest BCUT2D eigenvalue weighted by Crippen LogP contribution is 2.21. The summed E-state index contributed by atoms with van der Waals surface area (Å²) in [5, 5.41) is 1.17. The fourth-order valence-electron chi connectivity index (χ4n) is 1.71. The zero-order valence-electron chi connectivity index (χ0n) is 7.51. The summed E-state index contributed by atoms with van der Waals surface area (Å²) in [5.41, 5.74) is 3.35. The Hall–Kier alpha value is -1.96. The van der Waals surface area contributed by atoms with Crippen LogP contribution >= 0.6 is 0 Å². The first-order valence-corrected chi connectivity index (χ1v) is 4.52. The van der Waals surface area contributed by atoms with Crippen molar-refractivity contribution in [3.05, 3.63) is 47.8 Å². The Morgan fingerprint density at radius 3 is 3.14 bits per heavy atom. The molecule has 3 rings (SSSR count). The Labute approximate surface area is 81.6 Å². The molecule has 0 N–H and O–H groups in total. The van der Waals surface area contributed by atoms with Crippen LogP contribution in [-0.4, -0.2) is 11.2 Å². The van der Waals surface area contributed by atoms with E-state index in [0.717, 1.165) is 16.6 Å². The fourth-order valence-corrected chi connectivity index (χ4v) is 1.71. The molecule has 0 atom stereocenters. The minimum atomic E-state index is 1.05. The molecule has 0 bridgehead atoms. The maximum absolute atomic E-state index is 4.38. The van der Waals surface area contributed by atoms with Gasteiger partial charge in [-0.1, -0.05) is 12.1 Å². The second-order valence-corrected chi connectivity index (χ2v) is 3.24. The van der Waals surface area contributed by atoms with Crippen LogP contribution in [0.1, 0.15) is 11.1 Å². The summed E-state index contributed by atoms with van der Waals surface area (Å²) in [6.07, 6.45) is 7.49. The van der Waals surface area contributed by atoms with Gasteiger partial charge in [0.15, 0.2) is 0 Å². The lowest BCUT2D eigenvalue weighted by molar-refractivity contribution is 1.36. The van der Waals surface area contributed by atoms with E-state index in [1.54, 1.807) is 6.20 Å². The van der Waals surface area contributed by atoms with Crippen molar-refractivity contribution in [1.82, 2.24) is 9.98 Å². The molecule has 0 unspecified atom stereocenters. The quantitative estimate of drug-likeness (QED) is 0.609. The molecule has 0 spiro atoms. The molecule has 0 aliphatic carbocycles. The highest BCUT2D eigenvalue weighted by Gasteiger charge is 2.11. The van der Waals surface area contributed by atoms with E-state index in [4.69, 9.17) is 0 Å². The molecular weight excluding hydrogens is 172 g/mol. The summed E-state index contributed by atoms with van der Waals surface area (Å²) in [4.78, 5) is 8.47. The predicted octanol–water partition coefficient (Wildman–Crippen LogP) is 1.97. The van der Waals surface area contributed by atoms with Gasteiger partial charge >= 0.3 is 0 Å². The third-order valence-corrected chi connectivity index (χ3v) is 2.39. The van der Waals surface area contributed by atoms with Crippen molar-refractivity contribution >= 4 is 23.2 Å². The summed E-state index contributed by atoms with van der Waals surface area (Å²) < 4.78 is 0. The normalized spacial score (nSPS) is 13.1. The topological polar surface area (TPSA) is 27.0 Å². The van der Waals surface area contributed by atoms with Gasteiger partial charge in [0.05, 0.1) is 16.1 Å². The maximum Gasteiger partial charge on any atom is 0.250 e. The first-order valence-electron chi connectivity index (χ1n) is 4.52. The molecule has 0 saturated carbocycles. The number of aliphatic imine (C=N–C) groups is 1. The number of hydrogen-bond donors (Lipinski definition) is 0. The minimum Gasteiger partial charge on any atom is -0.256 e. The molecule has 1 aromatic heterocycles. The van der Waals surface area contributed by atoms with Crippen molar-refractivity contribution < 1.29 is 0 Å². The molecule has 0 amide bonds. The smallest absolute Gasteiger partial charge is 0.250 e. The Bertz CT molecular complexity index is 553. The Morgan fingerprint density at radius 1 is 1.14 bits per heavy atom. The Morgan fingerprint density at radius 2 is 2.14 bits per heavy atom. The van der Waals surface area contributed by atoms with Crippen LogP contribution in [0.15, 0.2) is 36.7 Å². The van der Waals surface area contributed by atoms with E-state index in [-0.39, 0.29) is 0 Å². The molecule has 1 aliphatic rings. The standard InChI is InChI=1S/C12H8N2/c1-2-9-3-4-10-8-13-7-5-11(10)12(9)14-6-1/h1-8H/q+1. The third-order valence-electron chi connectivity index (χ3n) is 2.39. The van der Waals surface area contributed by atoms with Crippen molar-refractivity contribution in [3.8, 4) is 0 Å². The maximum atomic E-state index is 4.38. The summed E-state index contributed by atoms with van der Waals surface area (Å²) >= 11 is 0. The van der Waals surface area contributed by atoms with Gasteiger partial charge in [0.25, 0.3) is 0 Å². The predicted molar refractivity (Wildman–Crippen MR) is 58.1 cm³/mol. The van der Waals surface area contributed by atoms with Gasteiger partial charge < -0.3 is 0 Å². The number of fused-ring (bicyclic) bond motifs is 3. The van der Waals surface area contributed by atoms with E-state index in [9.17, 15) is 0 Å². The average molecular weight is 180 g/mol. The summed E-state index contributed by atoms with van der Waals surface area (Å²) in [5.74, 6) is 0. The Kier molecular flexibility index (Phi) is 1.47. The second-order valence-electron chi connectivity index (χ2n) is 3.24. The molecule has 0 saturated heterocycles. The number of benzene rings is 1. The van der Waals surface area contributed by atoms with E-state index in [1.807, 2.05) is 24.6 Å². The number of pyridine rings is 1. The van der Waals surface area contributed by atoms with Crippen LogP contribution in [0, 0.1) is 0 Å². The van der Waals surface area contributed by atoms with Crippen molar-refractivity contribution in [2.45, 2.75) is 0 Å².